The number of piperazine rings is 1. The maximum atomic E-state index is 12.4. The van der Waals surface area contributed by atoms with Crippen LogP contribution in [0.3, 0.4) is 0 Å². The minimum absolute atomic E-state index is 0. The number of hydrogen-bond donors (Lipinski definition) is 1. The van der Waals surface area contributed by atoms with Crippen molar-refractivity contribution in [2.24, 2.45) is 17.8 Å². The molecule has 1 N–H and O–H groups in total. The number of aromatic nitrogens is 16. The molecule has 4 aromatic carbocycles. The van der Waals surface area contributed by atoms with Crippen LogP contribution in [0.4, 0.5) is 23.3 Å². The van der Waals surface area contributed by atoms with Crippen LogP contribution in [0.25, 0.3) is 46.9 Å². The zero-order valence-electron chi connectivity index (χ0n) is 80.4. The second-order valence-corrected chi connectivity index (χ2v) is 38.4. The Morgan fingerprint density at radius 1 is 0.403 bits per heavy atom. The summed E-state index contributed by atoms with van der Waals surface area (Å²) < 4.78 is 22.5. The highest BCUT2D eigenvalue weighted by Crippen LogP contribution is 2.48. The van der Waals surface area contributed by atoms with E-state index in [1.165, 1.54) is 56.1 Å². The molecule has 4 aliphatic carbocycles. The number of amides is 1. The molecule has 7 atom stereocenters. The Labute approximate surface area is 843 Å². The Morgan fingerprint density at radius 3 is 1.10 bits per heavy atom. The van der Waals surface area contributed by atoms with Crippen molar-refractivity contribution < 1.29 is 32.1 Å². The van der Waals surface area contributed by atoms with E-state index in [1.807, 2.05) is 24.3 Å². The van der Waals surface area contributed by atoms with Gasteiger partial charge in [0.1, 0.15) is 23.3 Å². The Hall–Kier alpha value is -14.7. The smallest absolute Gasteiger partial charge is 0.285 e. The molecule has 0 saturated carbocycles. The number of fused-ring (bicyclic) bond motifs is 8. The van der Waals surface area contributed by atoms with Crippen LogP contribution in [0.5, 0.6) is 0 Å². The fraction of sp³-hybridized carbons (Fsp3) is 0.449. The largest absolute Gasteiger partial charge is 0.418 e. The van der Waals surface area contributed by atoms with E-state index < -0.39 is 5.24 Å². The normalized spacial score (nSPS) is 20.2. The van der Waals surface area contributed by atoms with Crippen molar-refractivity contribution in [2.75, 3.05) is 78.5 Å². The molecule has 0 spiro atoms. The van der Waals surface area contributed by atoms with E-state index in [1.54, 1.807) is 32.6 Å². The first kappa shape index (κ1) is 101. The predicted octanol–water partition coefficient (Wildman–Crippen LogP) is 16.5. The van der Waals surface area contributed by atoms with E-state index in [2.05, 4.69) is 196 Å². The minimum atomic E-state index is -0.509. The van der Waals surface area contributed by atoms with Gasteiger partial charge in [0.25, 0.3) is 23.6 Å². The van der Waals surface area contributed by atoms with Gasteiger partial charge in [-0.05, 0) is 164 Å². The van der Waals surface area contributed by atoms with Crippen molar-refractivity contribution in [3.63, 3.8) is 0 Å². The van der Waals surface area contributed by atoms with E-state index in [4.69, 9.17) is 69.4 Å². The van der Waals surface area contributed by atoms with Crippen LogP contribution in [0.2, 0.25) is 0 Å². The van der Waals surface area contributed by atoms with Crippen LogP contribution < -0.4 is 24.9 Å². The molecule has 144 heavy (non-hydrogen) atoms. The first-order valence-electron chi connectivity index (χ1n) is 49.1. The second-order valence-electron chi connectivity index (χ2n) is 38.0. The minimum Gasteiger partial charge on any atom is -0.418 e. The summed E-state index contributed by atoms with van der Waals surface area (Å²) in [6.45, 7) is 27.0. The summed E-state index contributed by atoms with van der Waals surface area (Å²) in [5.74, 6) is 10.3. The molecule has 0 bridgehead atoms. The number of aryl methyl sites for hydroxylation is 8. The molecule has 8 aromatic heterocycles. The van der Waals surface area contributed by atoms with Crippen molar-refractivity contribution in [2.45, 2.75) is 235 Å². The maximum absolute atomic E-state index is 12.4. The van der Waals surface area contributed by atoms with Crippen LogP contribution in [-0.4, -0.2) is 182 Å². The van der Waals surface area contributed by atoms with E-state index in [9.17, 15) is 30.2 Å². The standard InChI is InChI=1S/C27H28N8O2.2C25H27N7O.C16H19N7O.C9H8O.C3H3ClO.2CH4/c1-3-24(36)35-13-12-33(14-19(35)10-11-28)26-21-15-34(23-9-8-18-6-4-5-7-20(18)23)16-22(21)29-25(30-26)27-32-31-17(2)37-27;2*1-16-29-30-25(33-16)23-27-21-15-32(22-9-8-18-6-2-3-7-19(18)22)14-20(21)24(28-23)31-12-4-5-17(13-31)10-11-26;1-10-21-22-16(24-10)14-19-13-8-18-7-12(13)15(20-14)23-6-2-3-11(9-23)4-5-17;10-9-6-5-7-3-1-2-4-8(7)9;1-2-3(4)5;;/h3-7,19,23H,1,8-10,12-16H2,2H3;2*2-3,6-7,17,22H,4-5,8-10,12-15H2,1H3;11,18H,2-4,6-9H2,1H3;1-4H,5-6H2;2H,1H2;2*1H4/t19-,23?;2*17-,22?;11-;;;;/m0000..../s1. The Kier molecular flexibility index (Phi) is 32.0. The van der Waals surface area contributed by atoms with Crippen molar-refractivity contribution in [1.82, 2.24) is 106 Å². The lowest BCUT2D eigenvalue weighted by Crippen LogP contribution is -2.55. The number of Topliss-reactive ketones (excluding diaryl/α,β-unsaturated/α-hetero) is 1. The topological polar surface area (TPSA) is 443 Å². The summed E-state index contributed by atoms with van der Waals surface area (Å²) in [5, 5.41) is 72.1. The number of nitrogens with one attached hydrogen (secondary N) is 1. The van der Waals surface area contributed by atoms with E-state index in [-0.39, 0.29) is 33.2 Å². The summed E-state index contributed by atoms with van der Waals surface area (Å²) in [7, 11) is 0. The van der Waals surface area contributed by atoms with Gasteiger partial charge in [0, 0.05) is 211 Å². The van der Waals surface area contributed by atoms with Gasteiger partial charge in [-0.3, -0.25) is 29.1 Å². The van der Waals surface area contributed by atoms with Gasteiger partial charge in [-0.15, -0.1) is 40.8 Å². The zero-order valence-corrected chi connectivity index (χ0v) is 81.1. The second kappa shape index (κ2) is 45.7. The number of nitrogens with zero attached hydrogens (tertiary/aromatic N) is 28. The first-order chi connectivity index (χ1) is 69.3. The summed E-state index contributed by atoms with van der Waals surface area (Å²) in [6, 6.07) is 44.3. The van der Waals surface area contributed by atoms with Crippen LogP contribution in [-0.2, 0) is 87.6 Å². The molecule has 12 aliphatic rings. The van der Waals surface area contributed by atoms with Gasteiger partial charge in [0.15, 0.2) is 5.78 Å². The van der Waals surface area contributed by atoms with Crippen LogP contribution in [0.15, 0.2) is 140 Å². The molecule has 16 heterocycles. The fourth-order valence-electron chi connectivity index (χ4n) is 22.1. The molecule has 8 aliphatic heterocycles. The van der Waals surface area contributed by atoms with Gasteiger partial charge in [0.2, 0.25) is 58.0 Å². The van der Waals surface area contributed by atoms with Crippen LogP contribution >= 0.6 is 11.6 Å². The lowest BCUT2D eigenvalue weighted by Gasteiger charge is -2.41. The number of nitriles is 4. The number of ketones is 1. The van der Waals surface area contributed by atoms with Gasteiger partial charge in [-0.25, -0.2) is 39.9 Å². The predicted molar refractivity (Wildman–Crippen MR) is 538 cm³/mol. The maximum Gasteiger partial charge on any atom is 0.285 e. The number of rotatable bonds is 17. The molecule has 742 valence electrons. The first-order valence-corrected chi connectivity index (χ1v) is 49.5. The SMILES string of the molecule is C.C.C=CC(=O)Cl.C=CC(=O)N1CCN(c2nc(-c3nnc(C)o3)nc3c2CN(C2CCc4ccccc42)C3)C[C@@H]1CC#N.Cc1nnc(-c2nc3c(c(N4CCC[C@@H](CC#N)C4)n2)CN(C2CCc4ccccc42)C3)o1.Cc1nnc(-c2nc3c(c(N4CCC[C@@H](CC#N)C4)n2)CN(C2CCc4ccccc42)C3)o1.Cc1nnc(-c2nc3c(c(N4CCC[C@@H](CC#N)C4)n2)CNC3)o1.O=C1CCc2ccccc21. The highest BCUT2D eigenvalue weighted by atomic mass is 35.5. The molecule has 36 nitrogen and oxygen atoms in total. The van der Waals surface area contributed by atoms with Crippen molar-refractivity contribution in [3.05, 3.63) is 235 Å². The lowest BCUT2D eigenvalue weighted by molar-refractivity contribution is -0.128. The number of carbonyl (C=O) groups is 3. The third kappa shape index (κ3) is 22.2. The van der Waals surface area contributed by atoms with Crippen molar-refractivity contribution >= 4 is 51.8 Å². The van der Waals surface area contributed by atoms with Gasteiger partial charge in [-0.2, -0.15) is 21.0 Å². The van der Waals surface area contributed by atoms with E-state index >= 15 is 0 Å². The summed E-state index contributed by atoms with van der Waals surface area (Å²) in [6.07, 6.45) is 19.2. The van der Waals surface area contributed by atoms with Crippen LogP contribution in [0.1, 0.15) is 241 Å². The Morgan fingerprint density at radius 2 is 0.750 bits per heavy atom. The van der Waals surface area contributed by atoms with Gasteiger partial charge < -0.3 is 47.5 Å². The van der Waals surface area contributed by atoms with E-state index in [0.29, 0.717) is 164 Å². The van der Waals surface area contributed by atoms with E-state index in [0.717, 1.165) is 237 Å². The molecule has 37 heteroatoms. The molecule has 24 rings (SSSR count). The number of piperidine rings is 3. The van der Waals surface area contributed by atoms with Crippen molar-refractivity contribution in [3.8, 4) is 71.1 Å². The molecular weight excluding hydrogens is 1840 g/mol. The molecule has 1 amide bonds. The number of hydrogen-bond acceptors (Lipinski definition) is 35. The monoisotopic (exact) mass is 1960 g/mol. The summed E-state index contributed by atoms with van der Waals surface area (Å²) in [5.41, 5.74) is 19.5. The van der Waals surface area contributed by atoms with Gasteiger partial charge in [0.05, 0.1) is 59.5 Å². The number of anilines is 4. The Balaban J connectivity index is 0.000000126. The average molecular weight is 1960 g/mol. The quantitative estimate of drug-likeness (QED) is 0.0653. The fourth-order valence-corrected chi connectivity index (χ4v) is 22.1. The highest BCUT2D eigenvalue weighted by molar-refractivity contribution is 6.66. The molecule has 12 aromatic rings. The highest BCUT2D eigenvalue weighted by Gasteiger charge is 2.43. The van der Waals surface area contributed by atoms with Crippen molar-refractivity contribution in [1.29, 1.82) is 21.0 Å². The lowest BCUT2D eigenvalue weighted by atomic mass is 9.95. The van der Waals surface area contributed by atoms with Gasteiger partial charge >= 0.3 is 0 Å². The number of carbonyl (C=O) groups excluding carboxylic acids is 3. The molecule has 4 saturated heterocycles. The number of halogens is 1. The molecular formula is C107H120ClN29O7. The number of allylic oxidation sites excluding steroid dienone is 1. The third-order valence-electron chi connectivity index (χ3n) is 28.8. The molecule has 4 fully saturated rings. The average Bonchev–Trinajstić information content (AvgIpc) is 1.62. The number of benzene rings is 4. The molecule has 0 radical (unpaired) electrons. The summed E-state index contributed by atoms with van der Waals surface area (Å²) in [4.78, 5) is 90.3. The van der Waals surface area contributed by atoms with Crippen LogP contribution in [0, 0.1) is 90.8 Å². The third-order valence-corrected chi connectivity index (χ3v) is 28.9. The Bertz CT molecular complexity index is 6690. The van der Waals surface area contributed by atoms with Gasteiger partial charge in [-0.1, -0.05) is 125 Å². The summed E-state index contributed by atoms with van der Waals surface area (Å²) >= 11 is 4.71. The molecule has 3 unspecified atom stereocenters. The zero-order chi connectivity index (χ0) is 98.0.